The van der Waals surface area contributed by atoms with Gasteiger partial charge in [-0.25, -0.2) is 4.99 Å². The molecule has 3 heteroatoms. The van der Waals surface area contributed by atoms with Gasteiger partial charge in [0.25, 0.3) is 0 Å². The molecule has 0 spiro atoms. The highest BCUT2D eigenvalue weighted by Crippen LogP contribution is 2.55. The molecule has 256 valence electrons. The molecule has 2 atom stereocenters. The summed E-state index contributed by atoms with van der Waals surface area (Å²) < 4.78 is 0. The fraction of sp³-hybridized carbons (Fsp3) is 0.140. The maximum Gasteiger partial charge on any atom is 0.131 e. The van der Waals surface area contributed by atoms with E-state index >= 15 is 0 Å². The van der Waals surface area contributed by atoms with Crippen LogP contribution < -0.4 is 10.6 Å². The summed E-state index contributed by atoms with van der Waals surface area (Å²) in [5, 5.41) is 12.7. The van der Waals surface area contributed by atoms with Crippen LogP contribution in [0.25, 0.3) is 49.4 Å². The Hall–Kier alpha value is -6.03. The molecule has 2 N–H and O–H groups in total. The SMILES string of the molecule is CC1(C)c2cc(C3=NC(c4ccc5cc(C6=CC=CCC6)ccc5c4)NC(c4ccccc4)N3)ccc2-c2c(-c3ccccc3)cc3ccccc3c21. The van der Waals surface area contributed by atoms with Crippen LogP contribution in [-0.4, -0.2) is 5.84 Å². The second-order valence-corrected chi connectivity index (χ2v) is 15.2. The number of nitrogens with zero attached hydrogens (tertiary/aromatic N) is 1. The maximum absolute atomic E-state index is 5.41. The molecule has 0 radical (unpaired) electrons. The van der Waals surface area contributed by atoms with E-state index < -0.39 is 0 Å². The Bertz CT molecular complexity index is 2650. The zero-order chi connectivity index (χ0) is 35.5. The van der Waals surface area contributed by atoms with Crippen molar-refractivity contribution >= 4 is 33.0 Å². The molecule has 0 saturated heterocycles. The molecule has 7 aromatic rings. The zero-order valence-corrected chi connectivity index (χ0v) is 30.1. The summed E-state index contributed by atoms with van der Waals surface area (Å²) in [6.07, 6.45) is 8.54. The van der Waals surface area contributed by atoms with Crippen molar-refractivity contribution in [3.05, 3.63) is 197 Å². The zero-order valence-electron chi connectivity index (χ0n) is 30.1. The number of hydrogen-bond donors (Lipinski definition) is 2. The first-order chi connectivity index (χ1) is 26.0. The number of aliphatic imine (C=N–C) groups is 1. The highest BCUT2D eigenvalue weighted by atomic mass is 15.3. The van der Waals surface area contributed by atoms with Gasteiger partial charge in [-0.15, -0.1) is 0 Å². The molecule has 7 aromatic carbocycles. The summed E-state index contributed by atoms with van der Waals surface area (Å²) in [6, 6.07) is 53.4. The maximum atomic E-state index is 5.41. The van der Waals surface area contributed by atoms with Gasteiger partial charge in [0.15, 0.2) is 0 Å². The molecule has 3 nitrogen and oxygen atoms in total. The molecule has 2 aliphatic carbocycles. The molecule has 0 saturated carbocycles. The van der Waals surface area contributed by atoms with Crippen LogP contribution in [0, 0.1) is 0 Å². The van der Waals surface area contributed by atoms with Crippen LogP contribution >= 0.6 is 0 Å². The van der Waals surface area contributed by atoms with Gasteiger partial charge in [0.2, 0.25) is 0 Å². The van der Waals surface area contributed by atoms with Gasteiger partial charge in [-0.05, 0) is 114 Å². The number of allylic oxidation sites excluding steroid dienone is 4. The van der Waals surface area contributed by atoms with E-state index in [0.29, 0.717) is 0 Å². The van der Waals surface area contributed by atoms with Crippen molar-refractivity contribution in [3.63, 3.8) is 0 Å². The average molecular weight is 684 g/mol. The number of rotatable bonds is 5. The van der Waals surface area contributed by atoms with Crippen LogP contribution in [-0.2, 0) is 5.41 Å². The Morgan fingerprint density at radius 2 is 1.38 bits per heavy atom. The summed E-state index contributed by atoms with van der Waals surface area (Å²) in [4.78, 5) is 5.41. The molecule has 0 aromatic heterocycles. The first-order valence-electron chi connectivity index (χ1n) is 18.8. The van der Waals surface area contributed by atoms with Gasteiger partial charge in [-0.3, -0.25) is 5.32 Å². The van der Waals surface area contributed by atoms with Gasteiger partial charge >= 0.3 is 0 Å². The van der Waals surface area contributed by atoms with E-state index in [0.717, 1.165) is 29.8 Å². The predicted octanol–water partition coefficient (Wildman–Crippen LogP) is 12.0. The third-order valence-electron chi connectivity index (χ3n) is 11.6. The quantitative estimate of drug-likeness (QED) is 0.189. The Balaban J connectivity index is 1.08. The van der Waals surface area contributed by atoms with Crippen molar-refractivity contribution < 1.29 is 0 Å². The molecule has 0 bridgehead atoms. The van der Waals surface area contributed by atoms with Crippen LogP contribution in [0.2, 0.25) is 0 Å². The number of nitrogens with one attached hydrogen (secondary N) is 2. The van der Waals surface area contributed by atoms with Crippen molar-refractivity contribution in [2.24, 2.45) is 4.99 Å². The first-order valence-corrected chi connectivity index (χ1v) is 18.8. The molecular formula is C50H41N3. The Morgan fingerprint density at radius 1 is 0.623 bits per heavy atom. The van der Waals surface area contributed by atoms with Crippen molar-refractivity contribution in [1.82, 2.24) is 10.6 Å². The van der Waals surface area contributed by atoms with E-state index in [1.165, 1.54) is 71.6 Å². The van der Waals surface area contributed by atoms with Gasteiger partial charge in [0, 0.05) is 11.0 Å². The summed E-state index contributed by atoms with van der Waals surface area (Å²) in [7, 11) is 0. The molecule has 0 fully saturated rings. The normalized spacial score (nSPS) is 18.6. The van der Waals surface area contributed by atoms with Gasteiger partial charge < -0.3 is 5.32 Å². The molecule has 3 aliphatic rings. The van der Waals surface area contributed by atoms with Crippen LogP contribution in [0.5, 0.6) is 0 Å². The lowest BCUT2D eigenvalue weighted by atomic mass is 9.79. The lowest BCUT2D eigenvalue weighted by molar-refractivity contribution is 0.409. The van der Waals surface area contributed by atoms with E-state index in [-0.39, 0.29) is 17.7 Å². The monoisotopic (exact) mass is 683 g/mol. The number of fused-ring (bicyclic) bond motifs is 6. The molecule has 1 aliphatic heterocycles. The predicted molar refractivity (Wildman–Crippen MR) is 222 cm³/mol. The van der Waals surface area contributed by atoms with Gasteiger partial charge in [0.05, 0.1) is 0 Å². The van der Waals surface area contributed by atoms with Gasteiger partial charge in [-0.2, -0.15) is 0 Å². The minimum atomic E-state index is -0.223. The molecule has 0 amide bonds. The van der Waals surface area contributed by atoms with E-state index in [1.54, 1.807) is 0 Å². The van der Waals surface area contributed by atoms with E-state index in [2.05, 4.69) is 188 Å². The average Bonchev–Trinajstić information content (AvgIpc) is 3.47. The van der Waals surface area contributed by atoms with Crippen molar-refractivity contribution in [3.8, 4) is 22.3 Å². The second kappa shape index (κ2) is 12.6. The standard InChI is InChI=1S/C50H41N3/c1-50(2)44-31-40(26-27-42(44)45-43(33-16-8-4-9-17-33)30-38-20-12-13-21-41(38)46(45)50)49-52-47(34-18-10-5-11-19-34)51-48(53-49)39-25-24-36-28-35(22-23-37(36)29-39)32-14-6-3-7-15-32/h3-6,8-14,16-31,47-48,51H,7,15H2,1-2H3,(H,52,53). The molecule has 10 rings (SSSR count). The summed E-state index contributed by atoms with van der Waals surface area (Å²) in [6.45, 7) is 4.77. The van der Waals surface area contributed by atoms with Crippen LogP contribution in [0.3, 0.4) is 0 Å². The Morgan fingerprint density at radius 3 is 2.21 bits per heavy atom. The number of benzene rings is 7. The van der Waals surface area contributed by atoms with Crippen LogP contribution in [0.15, 0.2) is 169 Å². The van der Waals surface area contributed by atoms with Crippen molar-refractivity contribution in [1.29, 1.82) is 0 Å². The molecule has 2 unspecified atom stereocenters. The largest absolute Gasteiger partial charge is 0.350 e. The minimum Gasteiger partial charge on any atom is -0.350 e. The smallest absolute Gasteiger partial charge is 0.131 e. The fourth-order valence-electron chi connectivity index (χ4n) is 8.85. The molecule has 53 heavy (non-hydrogen) atoms. The lowest BCUT2D eigenvalue weighted by Gasteiger charge is -2.32. The third-order valence-corrected chi connectivity index (χ3v) is 11.6. The Labute approximate surface area is 311 Å². The minimum absolute atomic E-state index is 0.106. The number of hydrogen-bond acceptors (Lipinski definition) is 3. The van der Waals surface area contributed by atoms with Crippen LogP contribution in [0.4, 0.5) is 0 Å². The van der Waals surface area contributed by atoms with E-state index in [1.807, 2.05) is 0 Å². The van der Waals surface area contributed by atoms with Gasteiger partial charge in [-0.1, -0.05) is 153 Å². The van der Waals surface area contributed by atoms with Crippen LogP contribution in [0.1, 0.15) is 72.4 Å². The van der Waals surface area contributed by atoms with Crippen molar-refractivity contribution in [2.45, 2.75) is 44.4 Å². The summed E-state index contributed by atoms with van der Waals surface area (Å²) in [5.41, 5.74) is 13.8. The fourth-order valence-corrected chi connectivity index (χ4v) is 8.85. The highest BCUT2D eigenvalue weighted by Gasteiger charge is 2.39. The van der Waals surface area contributed by atoms with Crippen molar-refractivity contribution in [2.75, 3.05) is 0 Å². The lowest BCUT2D eigenvalue weighted by Crippen LogP contribution is -2.45. The summed E-state index contributed by atoms with van der Waals surface area (Å²) in [5.74, 6) is 0.901. The molecule has 1 heterocycles. The second-order valence-electron chi connectivity index (χ2n) is 15.2. The highest BCUT2D eigenvalue weighted by molar-refractivity contribution is 6.06. The Kier molecular flexibility index (Phi) is 7.52. The molecular weight excluding hydrogens is 643 g/mol. The summed E-state index contributed by atoms with van der Waals surface area (Å²) >= 11 is 0. The van der Waals surface area contributed by atoms with E-state index in [9.17, 15) is 0 Å². The van der Waals surface area contributed by atoms with E-state index in [4.69, 9.17) is 4.99 Å². The number of amidine groups is 1. The van der Waals surface area contributed by atoms with Gasteiger partial charge in [0.1, 0.15) is 18.2 Å². The first kappa shape index (κ1) is 31.7. The third kappa shape index (κ3) is 5.43. The topological polar surface area (TPSA) is 36.4 Å².